The molecule has 0 aliphatic heterocycles. The van der Waals surface area contributed by atoms with E-state index in [4.69, 9.17) is 4.74 Å². The van der Waals surface area contributed by atoms with Crippen molar-refractivity contribution in [2.45, 2.75) is 40.2 Å². The first-order valence-electron chi connectivity index (χ1n) is 11.4. The summed E-state index contributed by atoms with van der Waals surface area (Å²) in [4.78, 5) is 26.6. The van der Waals surface area contributed by atoms with Gasteiger partial charge in [0.2, 0.25) is 5.91 Å². The van der Waals surface area contributed by atoms with Crippen LogP contribution in [0.1, 0.15) is 41.6 Å². The van der Waals surface area contributed by atoms with Crippen LogP contribution in [0.3, 0.4) is 0 Å². The van der Waals surface area contributed by atoms with E-state index in [1.165, 1.54) is 11.3 Å². The van der Waals surface area contributed by atoms with Gasteiger partial charge in [-0.3, -0.25) is 14.2 Å². The highest BCUT2D eigenvalue weighted by atomic mass is 32.1. The number of amides is 1. The number of nitrogens with zero attached hydrogens (tertiary/aromatic N) is 2. The van der Waals surface area contributed by atoms with E-state index in [9.17, 15) is 14.9 Å². The molecule has 2 aromatic heterocycles. The van der Waals surface area contributed by atoms with Gasteiger partial charge >= 0.3 is 0 Å². The van der Waals surface area contributed by atoms with Crippen LogP contribution in [0.5, 0.6) is 5.75 Å². The van der Waals surface area contributed by atoms with E-state index >= 15 is 0 Å². The summed E-state index contributed by atoms with van der Waals surface area (Å²) in [5.41, 5.74) is 5.49. The fraction of sp³-hybridized carbons (Fsp3) is 0.250. The van der Waals surface area contributed by atoms with Gasteiger partial charge in [-0.2, -0.15) is 5.26 Å². The number of hydrogen-bond donors (Lipinski definition) is 1. The van der Waals surface area contributed by atoms with Crippen molar-refractivity contribution < 1.29 is 9.53 Å². The SMILES string of the molecule is CCC(C(=O)Nc1scc(-c2ccc(OC)cc2)c1C#N)n1c(=O)cc(C)c2cc(C)cc(C)c21. The van der Waals surface area contributed by atoms with Crippen molar-refractivity contribution in [3.05, 3.63) is 80.5 Å². The van der Waals surface area contributed by atoms with Crippen LogP contribution in [0, 0.1) is 32.1 Å². The highest BCUT2D eigenvalue weighted by Gasteiger charge is 2.25. The van der Waals surface area contributed by atoms with Crippen molar-refractivity contribution in [1.29, 1.82) is 5.26 Å². The van der Waals surface area contributed by atoms with Crippen molar-refractivity contribution in [3.63, 3.8) is 0 Å². The number of rotatable bonds is 6. The molecule has 1 atom stereocenters. The summed E-state index contributed by atoms with van der Waals surface area (Å²) in [6.45, 7) is 7.78. The Labute approximate surface area is 208 Å². The van der Waals surface area contributed by atoms with Crippen LogP contribution in [0.25, 0.3) is 22.0 Å². The molecule has 2 heterocycles. The molecule has 0 saturated carbocycles. The zero-order chi connectivity index (χ0) is 25.3. The first kappa shape index (κ1) is 24.2. The van der Waals surface area contributed by atoms with Gasteiger partial charge in [0.1, 0.15) is 22.9 Å². The lowest BCUT2D eigenvalue weighted by Crippen LogP contribution is -2.33. The number of aromatic nitrogens is 1. The van der Waals surface area contributed by atoms with Crippen molar-refractivity contribution in [2.75, 3.05) is 12.4 Å². The van der Waals surface area contributed by atoms with Gasteiger partial charge in [0.05, 0.1) is 18.2 Å². The number of aryl methyl sites for hydroxylation is 3. The molecule has 1 N–H and O–H groups in total. The first-order chi connectivity index (χ1) is 16.8. The lowest BCUT2D eigenvalue weighted by Gasteiger charge is -2.22. The number of benzene rings is 2. The Bertz CT molecular complexity index is 1520. The summed E-state index contributed by atoms with van der Waals surface area (Å²) < 4.78 is 6.81. The van der Waals surface area contributed by atoms with Crippen LogP contribution < -0.4 is 15.6 Å². The molecule has 0 aliphatic rings. The average Bonchev–Trinajstić information content (AvgIpc) is 3.24. The van der Waals surface area contributed by atoms with Gasteiger partial charge < -0.3 is 10.1 Å². The van der Waals surface area contributed by atoms with Crippen LogP contribution in [0.4, 0.5) is 5.00 Å². The average molecular weight is 486 g/mol. The van der Waals surface area contributed by atoms with Gasteiger partial charge in [-0.15, -0.1) is 11.3 Å². The first-order valence-corrected chi connectivity index (χ1v) is 12.3. The number of thiophene rings is 1. The quantitative estimate of drug-likeness (QED) is 0.356. The molecule has 0 fully saturated rings. The van der Waals surface area contributed by atoms with Crippen LogP contribution >= 0.6 is 11.3 Å². The molecule has 4 rings (SSSR count). The van der Waals surface area contributed by atoms with E-state index in [1.54, 1.807) is 17.7 Å². The molecular weight excluding hydrogens is 458 g/mol. The maximum absolute atomic E-state index is 13.5. The van der Waals surface area contributed by atoms with Crippen molar-refractivity contribution >= 4 is 33.1 Å². The monoisotopic (exact) mass is 485 g/mol. The number of carbonyl (C=O) groups is 1. The van der Waals surface area contributed by atoms with Crippen molar-refractivity contribution in [2.24, 2.45) is 0 Å². The number of methoxy groups -OCH3 is 1. The predicted octanol–water partition coefficient (Wildman–Crippen LogP) is 6.13. The Balaban J connectivity index is 1.74. The van der Waals surface area contributed by atoms with Gasteiger partial charge in [-0.05, 0) is 62.1 Å². The minimum Gasteiger partial charge on any atom is -0.497 e. The summed E-state index contributed by atoms with van der Waals surface area (Å²) in [7, 11) is 1.60. The molecule has 7 heteroatoms. The Kier molecular flexibility index (Phi) is 6.77. The standard InChI is InChI=1S/C28H27N3O3S/c1-6-24(31-25(32)13-17(3)21-12-16(2)11-18(4)26(21)31)27(33)30-28-22(14-29)23(15-35-28)19-7-9-20(34-5)10-8-19/h7-13,15,24H,6H2,1-5H3,(H,30,33). The number of nitrogens with one attached hydrogen (secondary N) is 1. The molecule has 0 aliphatic carbocycles. The number of nitriles is 1. The Morgan fingerprint density at radius 2 is 1.86 bits per heavy atom. The number of anilines is 1. The molecule has 0 bridgehead atoms. The summed E-state index contributed by atoms with van der Waals surface area (Å²) in [6.07, 6.45) is 0.426. The largest absolute Gasteiger partial charge is 0.497 e. The van der Waals surface area contributed by atoms with Crippen molar-refractivity contribution in [1.82, 2.24) is 4.57 Å². The van der Waals surface area contributed by atoms with E-state index in [1.807, 2.05) is 69.5 Å². The Morgan fingerprint density at radius 3 is 2.49 bits per heavy atom. The van der Waals surface area contributed by atoms with Crippen molar-refractivity contribution in [3.8, 4) is 22.9 Å². The smallest absolute Gasteiger partial charge is 0.252 e. The third-order valence-corrected chi connectivity index (χ3v) is 7.13. The van der Waals surface area contributed by atoms with E-state index in [0.717, 1.165) is 44.5 Å². The summed E-state index contributed by atoms with van der Waals surface area (Å²) in [5, 5.41) is 16.1. The second-order valence-electron chi connectivity index (χ2n) is 8.62. The van der Waals surface area contributed by atoms with Crippen LogP contribution in [-0.4, -0.2) is 17.6 Å². The minimum atomic E-state index is -0.718. The zero-order valence-electron chi connectivity index (χ0n) is 20.4. The molecule has 0 saturated heterocycles. The van der Waals surface area contributed by atoms with E-state index in [-0.39, 0.29) is 11.5 Å². The normalized spacial score (nSPS) is 11.8. The molecule has 178 valence electrons. The molecule has 6 nitrogen and oxygen atoms in total. The van der Waals surface area contributed by atoms with Crippen LogP contribution in [0.2, 0.25) is 0 Å². The topological polar surface area (TPSA) is 84.1 Å². The highest BCUT2D eigenvalue weighted by Crippen LogP contribution is 2.36. The fourth-order valence-corrected chi connectivity index (χ4v) is 5.48. The molecule has 1 unspecified atom stereocenters. The van der Waals surface area contributed by atoms with E-state index in [2.05, 4.69) is 11.4 Å². The summed E-state index contributed by atoms with van der Waals surface area (Å²) in [6, 6.07) is 14.6. The molecule has 1 amide bonds. The molecular formula is C28H27N3O3S. The third kappa shape index (κ3) is 4.45. The van der Waals surface area contributed by atoms with Gasteiger partial charge in [-0.25, -0.2) is 0 Å². The highest BCUT2D eigenvalue weighted by molar-refractivity contribution is 7.15. The lowest BCUT2D eigenvalue weighted by molar-refractivity contribution is -0.119. The van der Waals surface area contributed by atoms with Gasteiger partial charge in [-0.1, -0.05) is 30.7 Å². The molecule has 2 aromatic carbocycles. The number of carbonyl (C=O) groups excluding carboxylic acids is 1. The van der Waals surface area contributed by atoms with E-state index < -0.39 is 6.04 Å². The summed E-state index contributed by atoms with van der Waals surface area (Å²) >= 11 is 1.30. The number of ether oxygens (including phenoxy) is 1. The summed E-state index contributed by atoms with van der Waals surface area (Å²) in [5.74, 6) is 0.405. The number of pyridine rings is 1. The lowest BCUT2D eigenvalue weighted by atomic mass is 10.0. The van der Waals surface area contributed by atoms with Gasteiger partial charge in [0.15, 0.2) is 0 Å². The van der Waals surface area contributed by atoms with Crippen LogP contribution in [0.15, 0.2) is 52.6 Å². The van der Waals surface area contributed by atoms with Crippen LogP contribution in [-0.2, 0) is 4.79 Å². The van der Waals surface area contributed by atoms with Gasteiger partial charge in [0, 0.05) is 22.4 Å². The second kappa shape index (κ2) is 9.77. The molecule has 0 spiro atoms. The second-order valence-corrected chi connectivity index (χ2v) is 9.50. The molecule has 0 radical (unpaired) electrons. The fourth-order valence-electron chi connectivity index (χ4n) is 4.56. The van der Waals surface area contributed by atoms with E-state index in [0.29, 0.717) is 17.0 Å². The maximum atomic E-state index is 13.5. The minimum absolute atomic E-state index is 0.213. The maximum Gasteiger partial charge on any atom is 0.252 e. The number of fused-ring (bicyclic) bond motifs is 1. The van der Waals surface area contributed by atoms with Gasteiger partial charge in [0.25, 0.3) is 5.56 Å². The molecule has 35 heavy (non-hydrogen) atoms. The molecule has 4 aromatic rings. The number of hydrogen-bond acceptors (Lipinski definition) is 5. The Hall–Kier alpha value is -3.89. The Morgan fingerprint density at radius 1 is 1.14 bits per heavy atom. The zero-order valence-corrected chi connectivity index (χ0v) is 21.2. The third-order valence-electron chi connectivity index (χ3n) is 6.23. The predicted molar refractivity (Wildman–Crippen MR) is 141 cm³/mol.